The summed E-state index contributed by atoms with van der Waals surface area (Å²) in [5.41, 5.74) is 1.29. The maximum atomic E-state index is 8.88. The van der Waals surface area contributed by atoms with Crippen molar-refractivity contribution in [2.45, 2.75) is 26.8 Å². The molecule has 0 aliphatic carbocycles. The van der Waals surface area contributed by atoms with E-state index in [0.29, 0.717) is 17.2 Å². The molecule has 0 radical (unpaired) electrons. The molecule has 0 saturated heterocycles. The largest absolute Gasteiger partial charge is 0.436 e. The van der Waals surface area contributed by atoms with Crippen molar-refractivity contribution in [3.63, 3.8) is 0 Å². The molecule has 2 rings (SSSR count). The van der Waals surface area contributed by atoms with Crippen LogP contribution in [-0.4, -0.2) is 14.8 Å². The van der Waals surface area contributed by atoms with E-state index in [1.807, 2.05) is 17.8 Å². The van der Waals surface area contributed by atoms with Gasteiger partial charge in [0.1, 0.15) is 0 Å². The number of aromatic nitrogens is 3. The third kappa shape index (κ3) is 2.86. The Morgan fingerprint density at radius 3 is 3.00 bits per heavy atom. The molecule has 0 bridgehead atoms. The van der Waals surface area contributed by atoms with Crippen molar-refractivity contribution in [1.29, 1.82) is 5.26 Å². The average molecular weight is 242 g/mol. The Hall–Kier alpha value is -2.35. The molecule has 2 heterocycles. The van der Waals surface area contributed by atoms with Crippen molar-refractivity contribution < 1.29 is 4.74 Å². The SMILES string of the molecule is CCCn1cc(Oc2cc(C#N)cc(C)n2)cn1. The minimum absolute atomic E-state index is 0.419. The fourth-order valence-electron chi connectivity index (χ4n) is 1.62. The predicted molar refractivity (Wildman–Crippen MR) is 66.3 cm³/mol. The Balaban J connectivity index is 2.17. The fourth-order valence-corrected chi connectivity index (χ4v) is 1.62. The number of nitriles is 1. The molecular formula is C13H14N4O. The van der Waals surface area contributed by atoms with E-state index in [9.17, 15) is 0 Å². The number of rotatable bonds is 4. The van der Waals surface area contributed by atoms with E-state index in [1.54, 1.807) is 18.3 Å². The minimum atomic E-state index is 0.419. The minimum Gasteiger partial charge on any atom is -0.436 e. The normalized spacial score (nSPS) is 10.1. The summed E-state index contributed by atoms with van der Waals surface area (Å²) in [7, 11) is 0. The van der Waals surface area contributed by atoms with E-state index < -0.39 is 0 Å². The second kappa shape index (κ2) is 5.32. The van der Waals surface area contributed by atoms with Gasteiger partial charge in [-0.05, 0) is 19.4 Å². The molecule has 2 aromatic heterocycles. The number of ether oxygens (including phenoxy) is 1. The van der Waals surface area contributed by atoms with Gasteiger partial charge in [-0.15, -0.1) is 0 Å². The molecule has 0 unspecified atom stereocenters. The molecule has 0 aromatic carbocycles. The number of nitrogens with zero attached hydrogens (tertiary/aromatic N) is 4. The van der Waals surface area contributed by atoms with Crippen LogP contribution in [0.3, 0.4) is 0 Å². The second-order valence-electron chi connectivity index (χ2n) is 3.99. The van der Waals surface area contributed by atoms with E-state index >= 15 is 0 Å². The molecule has 92 valence electrons. The average Bonchev–Trinajstić information content (AvgIpc) is 2.76. The van der Waals surface area contributed by atoms with Crippen LogP contribution in [0, 0.1) is 18.3 Å². The summed E-state index contributed by atoms with van der Waals surface area (Å²) in [5, 5.41) is 13.0. The van der Waals surface area contributed by atoms with E-state index in [-0.39, 0.29) is 0 Å². The van der Waals surface area contributed by atoms with Crippen LogP contribution in [0.4, 0.5) is 0 Å². The maximum Gasteiger partial charge on any atom is 0.220 e. The third-order valence-corrected chi connectivity index (χ3v) is 2.34. The number of aryl methyl sites for hydroxylation is 2. The van der Waals surface area contributed by atoms with E-state index in [4.69, 9.17) is 10.00 Å². The number of hydrogen-bond donors (Lipinski definition) is 0. The zero-order chi connectivity index (χ0) is 13.0. The highest BCUT2D eigenvalue weighted by atomic mass is 16.5. The Kier molecular flexibility index (Phi) is 3.58. The van der Waals surface area contributed by atoms with Gasteiger partial charge in [0.15, 0.2) is 5.75 Å². The molecule has 2 aromatic rings. The molecule has 18 heavy (non-hydrogen) atoms. The van der Waals surface area contributed by atoms with Crippen LogP contribution in [0.1, 0.15) is 24.6 Å². The topological polar surface area (TPSA) is 63.7 Å². The summed E-state index contributed by atoms with van der Waals surface area (Å²) < 4.78 is 7.40. The standard InChI is InChI=1S/C13H14N4O/c1-3-4-17-9-12(8-15-17)18-13-6-11(7-14)5-10(2)16-13/h5-6,8-9H,3-4H2,1-2H3. The highest BCUT2D eigenvalue weighted by Gasteiger charge is 2.04. The zero-order valence-electron chi connectivity index (χ0n) is 10.4. The van der Waals surface area contributed by atoms with Crippen LogP contribution in [0.5, 0.6) is 11.6 Å². The van der Waals surface area contributed by atoms with Gasteiger partial charge in [0.05, 0.1) is 24.0 Å². The molecule has 5 heteroatoms. The molecule has 0 aliphatic heterocycles. The molecule has 0 aliphatic rings. The van der Waals surface area contributed by atoms with E-state index in [1.165, 1.54) is 0 Å². The first-order valence-electron chi connectivity index (χ1n) is 5.80. The van der Waals surface area contributed by atoms with Crippen molar-refractivity contribution in [3.8, 4) is 17.7 Å². The van der Waals surface area contributed by atoms with Gasteiger partial charge in [0.2, 0.25) is 5.88 Å². The molecule has 0 amide bonds. The molecular weight excluding hydrogens is 228 g/mol. The quantitative estimate of drug-likeness (QED) is 0.826. The highest BCUT2D eigenvalue weighted by molar-refractivity contribution is 5.35. The fraction of sp³-hybridized carbons (Fsp3) is 0.308. The number of hydrogen-bond acceptors (Lipinski definition) is 4. The molecule has 0 N–H and O–H groups in total. The molecule has 5 nitrogen and oxygen atoms in total. The van der Waals surface area contributed by atoms with Gasteiger partial charge < -0.3 is 4.74 Å². The van der Waals surface area contributed by atoms with Crippen LogP contribution in [0.2, 0.25) is 0 Å². The van der Waals surface area contributed by atoms with Crippen molar-refractivity contribution in [2.75, 3.05) is 0 Å². The molecule has 0 fully saturated rings. The first-order chi connectivity index (χ1) is 8.71. The second-order valence-corrected chi connectivity index (χ2v) is 3.99. The summed E-state index contributed by atoms with van der Waals surface area (Å²) in [6.45, 7) is 4.77. The van der Waals surface area contributed by atoms with Gasteiger partial charge in [0, 0.05) is 18.3 Å². The molecule has 0 spiro atoms. The summed E-state index contributed by atoms with van der Waals surface area (Å²) in [4.78, 5) is 4.22. The monoisotopic (exact) mass is 242 g/mol. The van der Waals surface area contributed by atoms with Gasteiger partial charge >= 0.3 is 0 Å². The lowest BCUT2D eigenvalue weighted by Crippen LogP contribution is -1.95. The lowest BCUT2D eigenvalue weighted by atomic mass is 10.2. The molecule has 0 atom stereocenters. The highest BCUT2D eigenvalue weighted by Crippen LogP contribution is 2.20. The first-order valence-corrected chi connectivity index (χ1v) is 5.80. The Morgan fingerprint density at radius 2 is 2.28 bits per heavy atom. The smallest absolute Gasteiger partial charge is 0.220 e. The third-order valence-electron chi connectivity index (χ3n) is 2.34. The van der Waals surface area contributed by atoms with Crippen molar-refractivity contribution in [2.24, 2.45) is 0 Å². The van der Waals surface area contributed by atoms with Crippen LogP contribution >= 0.6 is 0 Å². The van der Waals surface area contributed by atoms with Crippen LogP contribution in [-0.2, 0) is 6.54 Å². The van der Waals surface area contributed by atoms with Gasteiger partial charge in [-0.3, -0.25) is 4.68 Å². The van der Waals surface area contributed by atoms with Gasteiger partial charge in [-0.2, -0.15) is 10.4 Å². The summed E-state index contributed by atoms with van der Waals surface area (Å²) in [6.07, 6.45) is 4.48. The summed E-state index contributed by atoms with van der Waals surface area (Å²) in [5.74, 6) is 1.05. The number of pyridine rings is 1. The van der Waals surface area contributed by atoms with Gasteiger partial charge in [-0.1, -0.05) is 6.92 Å². The lowest BCUT2D eigenvalue weighted by Gasteiger charge is -2.03. The van der Waals surface area contributed by atoms with E-state index in [0.717, 1.165) is 18.7 Å². The lowest BCUT2D eigenvalue weighted by molar-refractivity contribution is 0.460. The predicted octanol–water partition coefficient (Wildman–Crippen LogP) is 2.66. The Bertz CT molecular complexity index is 583. The van der Waals surface area contributed by atoms with Crippen molar-refractivity contribution >= 4 is 0 Å². The van der Waals surface area contributed by atoms with Crippen LogP contribution < -0.4 is 4.74 Å². The van der Waals surface area contributed by atoms with Crippen molar-refractivity contribution in [3.05, 3.63) is 35.8 Å². The van der Waals surface area contributed by atoms with Crippen molar-refractivity contribution in [1.82, 2.24) is 14.8 Å². The Labute approximate surface area is 106 Å². The van der Waals surface area contributed by atoms with Crippen LogP contribution in [0.15, 0.2) is 24.5 Å². The van der Waals surface area contributed by atoms with Gasteiger partial charge in [0.25, 0.3) is 0 Å². The Morgan fingerprint density at radius 1 is 1.44 bits per heavy atom. The van der Waals surface area contributed by atoms with Crippen LogP contribution in [0.25, 0.3) is 0 Å². The van der Waals surface area contributed by atoms with E-state index in [2.05, 4.69) is 23.1 Å². The van der Waals surface area contributed by atoms with Gasteiger partial charge in [-0.25, -0.2) is 4.98 Å². The molecule has 0 saturated carbocycles. The first kappa shape index (κ1) is 12.1. The zero-order valence-corrected chi connectivity index (χ0v) is 10.4. The summed E-state index contributed by atoms with van der Waals surface area (Å²) >= 11 is 0. The maximum absolute atomic E-state index is 8.88. The summed E-state index contributed by atoms with van der Waals surface area (Å²) in [6, 6.07) is 5.41.